The van der Waals surface area contributed by atoms with E-state index in [0.717, 1.165) is 26.9 Å². The van der Waals surface area contributed by atoms with E-state index in [1.807, 2.05) is 25.1 Å². The van der Waals surface area contributed by atoms with Gasteiger partial charge in [0.15, 0.2) is 0 Å². The number of halogens is 1. The predicted molar refractivity (Wildman–Crippen MR) is 89.4 cm³/mol. The van der Waals surface area contributed by atoms with Crippen molar-refractivity contribution in [3.8, 4) is 0 Å². The summed E-state index contributed by atoms with van der Waals surface area (Å²) in [5, 5.41) is 2.76. The van der Waals surface area contributed by atoms with E-state index in [9.17, 15) is 14.4 Å². The summed E-state index contributed by atoms with van der Waals surface area (Å²) < 4.78 is 1.08. The first-order valence-corrected chi connectivity index (χ1v) is 8.20. The molecule has 2 fully saturated rings. The second-order valence-electron chi connectivity index (χ2n) is 5.63. The second-order valence-corrected chi connectivity index (χ2v) is 6.87. The van der Waals surface area contributed by atoms with Crippen LogP contribution in [0, 0.1) is 10.5 Å². The van der Waals surface area contributed by atoms with Gasteiger partial charge >= 0.3 is 6.03 Å². The highest BCUT2D eigenvalue weighted by Crippen LogP contribution is 2.30. The molecule has 1 N–H and O–H groups in total. The number of rotatable bonds is 4. The van der Waals surface area contributed by atoms with Crippen LogP contribution < -0.4 is 5.32 Å². The summed E-state index contributed by atoms with van der Waals surface area (Å²) in [5.74, 6) is -0.657. The van der Waals surface area contributed by atoms with Crippen molar-refractivity contribution in [1.82, 2.24) is 9.80 Å². The summed E-state index contributed by atoms with van der Waals surface area (Å²) in [6.07, 6.45) is 1.89. The van der Waals surface area contributed by atoms with E-state index < -0.39 is 0 Å². The van der Waals surface area contributed by atoms with Crippen LogP contribution in [0.4, 0.5) is 10.5 Å². The molecule has 22 heavy (non-hydrogen) atoms. The molecule has 2 aliphatic rings. The minimum atomic E-state index is -0.358. The van der Waals surface area contributed by atoms with Gasteiger partial charge in [0.2, 0.25) is 5.91 Å². The van der Waals surface area contributed by atoms with E-state index in [4.69, 9.17) is 0 Å². The molecule has 1 heterocycles. The lowest BCUT2D eigenvalue weighted by molar-refractivity contribution is -0.129. The summed E-state index contributed by atoms with van der Waals surface area (Å²) in [6, 6.07) is 5.51. The van der Waals surface area contributed by atoms with E-state index in [-0.39, 0.29) is 37.0 Å². The Kier molecular flexibility index (Phi) is 4.07. The molecule has 4 amide bonds. The fraction of sp³-hybridized carbons (Fsp3) is 0.400. The number of nitrogens with one attached hydrogen (secondary N) is 1. The lowest BCUT2D eigenvalue weighted by Crippen LogP contribution is -2.39. The van der Waals surface area contributed by atoms with Crippen molar-refractivity contribution in [2.45, 2.75) is 25.8 Å². The first-order valence-electron chi connectivity index (χ1n) is 7.12. The maximum absolute atomic E-state index is 12.1. The smallest absolute Gasteiger partial charge is 0.324 e. The van der Waals surface area contributed by atoms with Crippen molar-refractivity contribution < 1.29 is 14.4 Å². The number of carbonyl (C=O) groups excluding carboxylic acids is 3. The van der Waals surface area contributed by atoms with Crippen molar-refractivity contribution in [3.05, 3.63) is 27.3 Å². The third-order valence-corrected chi connectivity index (χ3v) is 4.51. The van der Waals surface area contributed by atoms with Gasteiger partial charge in [0, 0.05) is 15.3 Å². The molecule has 1 saturated heterocycles. The number of carbonyl (C=O) groups is 3. The predicted octanol–water partition coefficient (Wildman–Crippen LogP) is 1.96. The molecule has 6 nitrogen and oxygen atoms in total. The van der Waals surface area contributed by atoms with Crippen LogP contribution in [-0.4, -0.2) is 46.8 Å². The van der Waals surface area contributed by atoms with Gasteiger partial charge in [0.1, 0.15) is 13.1 Å². The molecule has 1 saturated carbocycles. The summed E-state index contributed by atoms with van der Waals surface area (Å²) in [6.45, 7) is 1.77. The Morgan fingerprint density at radius 2 is 2.09 bits per heavy atom. The highest BCUT2D eigenvalue weighted by atomic mass is 127. The Morgan fingerprint density at radius 3 is 2.73 bits per heavy atom. The van der Waals surface area contributed by atoms with Crippen molar-refractivity contribution in [2.75, 3.05) is 18.4 Å². The Hall–Kier alpha value is -1.64. The molecule has 1 aromatic carbocycles. The van der Waals surface area contributed by atoms with Crippen LogP contribution in [0.5, 0.6) is 0 Å². The van der Waals surface area contributed by atoms with Crippen molar-refractivity contribution >= 4 is 46.1 Å². The van der Waals surface area contributed by atoms with E-state index in [1.165, 1.54) is 0 Å². The zero-order valence-corrected chi connectivity index (χ0v) is 14.3. The van der Waals surface area contributed by atoms with E-state index in [0.29, 0.717) is 5.69 Å². The molecule has 0 spiro atoms. The molecule has 0 unspecified atom stereocenters. The van der Waals surface area contributed by atoms with Crippen LogP contribution in [0.3, 0.4) is 0 Å². The van der Waals surface area contributed by atoms with Crippen molar-refractivity contribution in [1.29, 1.82) is 0 Å². The zero-order chi connectivity index (χ0) is 15.9. The van der Waals surface area contributed by atoms with Gasteiger partial charge < -0.3 is 10.2 Å². The molecule has 116 valence electrons. The average molecular weight is 413 g/mol. The molecular formula is C15H16IN3O3. The number of hydrogen-bond acceptors (Lipinski definition) is 3. The zero-order valence-electron chi connectivity index (χ0n) is 12.1. The van der Waals surface area contributed by atoms with Gasteiger partial charge in [0.25, 0.3) is 5.91 Å². The average Bonchev–Trinajstić information content (AvgIpc) is 3.25. The topological polar surface area (TPSA) is 69.7 Å². The fourth-order valence-corrected chi connectivity index (χ4v) is 3.14. The Labute approximate surface area is 142 Å². The maximum atomic E-state index is 12.1. The molecule has 1 aromatic rings. The first kappa shape index (κ1) is 15.3. The van der Waals surface area contributed by atoms with Crippen LogP contribution in [0.1, 0.15) is 18.4 Å². The number of urea groups is 1. The normalized spacial score (nSPS) is 18.1. The van der Waals surface area contributed by atoms with Gasteiger partial charge in [-0.25, -0.2) is 4.79 Å². The van der Waals surface area contributed by atoms with Gasteiger partial charge in [-0.1, -0.05) is 0 Å². The minimum absolute atomic E-state index is 0.0966. The molecule has 7 heteroatoms. The quantitative estimate of drug-likeness (QED) is 0.606. The van der Waals surface area contributed by atoms with Gasteiger partial charge in [-0.05, 0) is 66.1 Å². The number of amides is 4. The molecular weight excluding hydrogens is 397 g/mol. The minimum Gasteiger partial charge on any atom is -0.324 e. The monoisotopic (exact) mass is 413 g/mol. The number of nitrogens with zero attached hydrogens (tertiary/aromatic N) is 2. The summed E-state index contributed by atoms with van der Waals surface area (Å²) in [7, 11) is 0. The molecule has 0 bridgehead atoms. The molecule has 0 radical (unpaired) electrons. The van der Waals surface area contributed by atoms with E-state index >= 15 is 0 Å². The largest absolute Gasteiger partial charge is 0.327 e. The fourth-order valence-electron chi connectivity index (χ4n) is 2.49. The van der Waals surface area contributed by atoms with Gasteiger partial charge in [-0.15, -0.1) is 0 Å². The number of hydrogen-bond donors (Lipinski definition) is 1. The van der Waals surface area contributed by atoms with E-state index in [1.54, 1.807) is 4.90 Å². The number of benzene rings is 1. The third kappa shape index (κ3) is 3.08. The summed E-state index contributed by atoms with van der Waals surface area (Å²) in [4.78, 5) is 38.8. The molecule has 3 rings (SSSR count). The van der Waals surface area contributed by atoms with Crippen LogP contribution in [0.2, 0.25) is 0 Å². The highest BCUT2D eigenvalue weighted by Gasteiger charge is 2.44. The van der Waals surface area contributed by atoms with Crippen LogP contribution in [0.15, 0.2) is 18.2 Å². The maximum Gasteiger partial charge on any atom is 0.327 e. The summed E-state index contributed by atoms with van der Waals surface area (Å²) in [5.41, 5.74) is 1.64. The Bertz CT molecular complexity index is 657. The molecule has 0 atom stereocenters. The Balaban J connectivity index is 1.64. The molecule has 1 aliphatic heterocycles. The number of aryl methyl sites for hydroxylation is 1. The molecule has 0 aromatic heterocycles. The number of anilines is 1. The Morgan fingerprint density at radius 1 is 1.36 bits per heavy atom. The van der Waals surface area contributed by atoms with Crippen LogP contribution >= 0.6 is 22.6 Å². The van der Waals surface area contributed by atoms with Gasteiger partial charge in [-0.3, -0.25) is 14.5 Å². The van der Waals surface area contributed by atoms with E-state index in [2.05, 4.69) is 27.9 Å². The second kappa shape index (κ2) is 5.86. The number of imide groups is 1. The lowest BCUT2D eigenvalue weighted by atomic mass is 10.2. The van der Waals surface area contributed by atoms with Gasteiger partial charge in [-0.2, -0.15) is 0 Å². The third-order valence-electron chi connectivity index (χ3n) is 3.84. The van der Waals surface area contributed by atoms with Crippen LogP contribution in [0.25, 0.3) is 0 Å². The summed E-state index contributed by atoms with van der Waals surface area (Å²) >= 11 is 2.20. The van der Waals surface area contributed by atoms with Crippen LogP contribution in [-0.2, 0) is 9.59 Å². The standard InChI is InChI=1S/C15H16IN3O3/c1-9-6-10(16)2-5-12(9)17-13(20)7-19-14(21)8-18(15(19)22)11-3-4-11/h2,5-6,11H,3-4,7-8H2,1H3,(H,17,20). The van der Waals surface area contributed by atoms with Crippen molar-refractivity contribution in [2.24, 2.45) is 0 Å². The van der Waals surface area contributed by atoms with Crippen molar-refractivity contribution in [3.63, 3.8) is 0 Å². The first-order chi connectivity index (χ1) is 10.5. The SMILES string of the molecule is Cc1cc(I)ccc1NC(=O)CN1C(=O)CN(C2CC2)C1=O. The van der Waals surface area contributed by atoms with Gasteiger partial charge in [0.05, 0.1) is 0 Å². The highest BCUT2D eigenvalue weighted by molar-refractivity contribution is 14.1. The lowest BCUT2D eigenvalue weighted by Gasteiger charge is -2.16. The molecule has 1 aliphatic carbocycles.